The molecule has 1 aromatic rings. The molecule has 0 atom stereocenters. The molecule has 0 bridgehead atoms. The number of carboxylic acids is 1. The summed E-state index contributed by atoms with van der Waals surface area (Å²) < 4.78 is 1.63. The number of amides is 1. The topological polar surface area (TPSA) is 84.2 Å². The first-order chi connectivity index (χ1) is 9.06. The van der Waals surface area contributed by atoms with Crippen molar-refractivity contribution >= 4 is 18.0 Å². The van der Waals surface area contributed by atoms with Crippen LogP contribution >= 0.6 is 0 Å². The molecule has 2 N–H and O–H groups in total. The SMILES string of the molecule is Cn1cc(C=CC(=O)NC(C)(C)C(C)(C)C(=O)O)cn1. The lowest BCUT2D eigenvalue weighted by Gasteiger charge is -2.38. The van der Waals surface area contributed by atoms with E-state index >= 15 is 0 Å². The molecular formula is C14H21N3O3. The molecule has 110 valence electrons. The molecule has 0 radical (unpaired) electrons. The van der Waals surface area contributed by atoms with E-state index in [9.17, 15) is 14.7 Å². The third-order valence-electron chi connectivity index (χ3n) is 3.68. The van der Waals surface area contributed by atoms with Gasteiger partial charge in [0.05, 0.1) is 17.2 Å². The lowest BCUT2D eigenvalue weighted by atomic mass is 9.74. The minimum atomic E-state index is -1.08. The number of aliphatic carboxylic acids is 1. The van der Waals surface area contributed by atoms with E-state index in [4.69, 9.17) is 0 Å². The smallest absolute Gasteiger partial charge is 0.311 e. The minimum absolute atomic E-state index is 0.340. The predicted octanol–water partition coefficient (Wildman–Crippen LogP) is 1.44. The Balaban J connectivity index is 2.75. The summed E-state index contributed by atoms with van der Waals surface area (Å²) in [5, 5.41) is 15.9. The van der Waals surface area contributed by atoms with Gasteiger partial charge in [-0.25, -0.2) is 0 Å². The van der Waals surface area contributed by atoms with Crippen molar-refractivity contribution in [2.24, 2.45) is 12.5 Å². The minimum Gasteiger partial charge on any atom is -0.481 e. The fourth-order valence-corrected chi connectivity index (χ4v) is 1.47. The first kappa shape index (κ1) is 15.9. The summed E-state index contributed by atoms with van der Waals surface area (Å²) in [6, 6.07) is 0. The Hall–Kier alpha value is -2.11. The molecule has 0 aromatic carbocycles. The Morgan fingerprint density at radius 3 is 2.40 bits per heavy atom. The molecular weight excluding hydrogens is 258 g/mol. The van der Waals surface area contributed by atoms with Gasteiger partial charge in [0.15, 0.2) is 0 Å². The van der Waals surface area contributed by atoms with Crippen LogP contribution in [0.25, 0.3) is 6.08 Å². The number of carbonyl (C=O) groups excluding carboxylic acids is 1. The third kappa shape index (κ3) is 3.46. The van der Waals surface area contributed by atoms with Crippen molar-refractivity contribution in [1.29, 1.82) is 0 Å². The summed E-state index contributed by atoms with van der Waals surface area (Å²) in [7, 11) is 1.79. The molecule has 1 amide bonds. The Kier molecular flexibility index (Phi) is 4.37. The average Bonchev–Trinajstić information content (AvgIpc) is 2.71. The van der Waals surface area contributed by atoms with Crippen molar-refractivity contribution in [3.05, 3.63) is 24.0 Å². The van der Waals surface area contributed by atoms with Crippen molar-refractivity contribution in [3.63, 3.8) is 0 Å². The number of carboxylic acid groups (broad SMARTS) is 1. The molecule has 0 saturated carbocycles. The van der Waals surface area contributed by atoms with Gasteiger partial charge in [-0.3, -0.25) is 14.3 Å². The van der Waals surface area contributed by atoms with Crippen LogP contribution in [0, 0.1) is 5.41 Å². The maximum absolute atomic E-state index is 11.9. The summed E-state index contributed by atoms with van der Waals surface area (Å²) in [6.07, 6.45) is 6.41. The second-order valence-electron chi connectivity index (χ2n) is 5.83. The zero-order chi connectivity index (χ0) is 15.6. The molecule has 0 aliphatic carbocycles. The van der Waals surface area contributed by atoms with Gasteiger partial charge in [0.2, 0.25) is 5.91 Å². The van der Waals surface area contributed by atoms with Gasteiger partial charge in [0, 0.05) is 24.9 Å². The maximum atomic E-state index is 11.9. The fraction of sp³-hybridized carbons (Fsp3) is 0.500. The van der Waals surface area contributed by atoms with Crippen LogP contribution in [-0.2, 0) is 16.6 Å². The Morgan fingerprint density at radius 1 is 1.35 bits per heavy atom. The van der Waals surface area contributed by atoms with Gasteiger partial charge in [-0.2, -0.15) is 5.10 Å². The molecule has 20 heavy (non-hydrogen) atoms. The number of nitrogens with zero attached hydrogens (tertiary/aromatic N) is 2. The van der Waals surface area contributed by atoms with E-state index in [1.807, 2.05) is 0 Å². The van der Waals surface area contributed by atoms with Crippen LogP contribution in [0.2, 0.25) is 0 Å². The van der Waals surface area contributed by atoms with Gasteiger partial charge in [-0.1, -0.05) is 0 Å². The molecule has 0 unspecified atom stereocenters. The first-order valence-electron chi connectivity index (χ1n) is 6.28. The summed E-state index contributed by atoms with van der Waals surface area (Å²) >= 11 is 0. The number of hydrogen-bond donors (Lipinski definition) is 2. The number of aromatic nitrogens is 2. The van der Waals surface area contributed by atoms with Crippen molar-refractivity contribution in [2.45, 2.75) is 33.2 Å². The number of aryl methyl sites for hydroxylation is 1. The number of hydrogen-bond acceptors (Lipinski definition) is 3. The molecule has 1 aromatic heterocycles. The highest BCUT2D eigenvalue weighted by Gasteiger charge is 2.44. The van der Waals surface area contributed by atoms with Crippen LogP contribution in [0.5, 0.6) is 0 Å². The maximum Gasteiger partial charge on any atom is 0.311 e. The highest BCUT2D eigenvalue weighted by molar-refractivity contribution is 5.92. The quantitative estimate of drug-likeness (QED) is 0.799. The van der Waals surface area contributed by atoms with E-state index in [0.717, 1.165) is 5.56 Å². The van der Waals surface area contributed by atoms with E-state index in [2.05, 4.69) is 10.4 Å². The Labute approximate surface area is 118 Å². The lowest BCUT2D eigenvalue weighted by Crippen LogP contribution is -2.56. The largest absolute Gasteiger partial charge is 0.481 e. The highest BCUT2D eigenvalue weighted by atomic mass is 16.4. The second-order valence-corrected chi connectivity index (χ2v) is 5.83. The fourth-order valence-electron chi connectivity index (χ4n) is 1.47. The number of nitrogens with one attached hydrogen (secondary N) is 1. The van der Waals surface area contributed by atoms with Crippen LogP contribution in [0.4, 0.5) is 0 Å². The molecule has 0 spiro atoms. The molecule has 1 rings (SSSR count). The van der Waals surface area contributed by atoms with Gasteiger partial charge < -0.3 is 10.4 Å². The van der Waals surface area contributed by atoms with E-state index in [1.165, 1.54) is 6.08 Å². The van der Waals surface area contributed by atoms with Crippen LogP contribution in [0.15, 0.2) is 18.5 Å². The lowest BCUT2D eigenvalue weighted by molar-refractivity contribution is -0.151. The monoisotopic (exact) mass is 279 g/mol. The highest BCUT2D eigenvalue weighted by Crippen LogP contribution is 2.30. The van der Waals surface area contributed by atoms with E-state index in [1.54, 1.807) is 57.9 Å². The molecule has 0 aliphatic rings. The third-order valence-corrected chi connectivity index (χ3v) is 3.68. The van der Waals surface area contributed by atoms with Gasteiger partial charge in [-0.15, -0.1) is 0 Å². The van der Waals surface area contributed by atoms with Gasteiger partial charge in [-0.05, 0) is 33.8 Å². The standard InChI is InChI=1S/C14H21N3O3/c1-13(2,12(19)20)14(3,4)16-11(18)7-6-10-8-15-17(5)9-10/h6-9H,1-5H3,(H,16,18)(H,19,20). The average molecular weight is 279 g/mol. The van der Waals surface area contributed by atoms with Gasteiger partial charge >= 0.3 is 5.97 Å². The summed E-state index contributed by atoms with van der Waals surface area (Å²) in [5.74, 6) is -1.30. The molecule has 0 saturated heterocycles. The molecule has 0 fully saturated rings. The number of rotatable bonds is 5. The second kappa shape index (κ2) is 5.48. The summed E-state index contributed by atoms with van der Waals surface area (Å²) in [6.45, 7) is 6.55. The van der Waals surface area contributed by atoms with Crippen molar-refractivity contribution in [1.82, 2.24) is 15.1 Å². The normalized spacial score (nSPS) is 12.7. The van der Waals surface area contributed by atoms with Crippen LogP contribution in [0.1, 0.15) is 33.3 Å². The van der Waals surface area contributed by atoms with E-state index < -0.39 is 16.9 Å². The van der Waals surface area contributed by atoms with Gasteiger partial charge in [0.25, 0.3) is 0 Å². The summed E-state index contributed by atoms with van der Waals surface area (Å²) in [4.78, 5) is 23.1. The first-order valence-corrected chi connectivity index (χ1v) is 6.28. The predicted molar refractivity (Wildman–Crippen MR) is 75.9 cm³/mol. The van der Waals surface area contributed by atoms with Crippen LogP contribution < -0.4 is 5.32 Å². The zero-order valence-corrected chi connectivity index (χ0v) is 12.5. The van der Waals surface area contributed by atoms with Gasteiger partial charge in [0.1, 0.15) is 0 Å². The van der Waals surface area contributed by atoms with Crippen LogP contribution in [-0.4, -0.2) is 32.3 Å². The molecule has 1 heterocycles. The Morgan fingerprint density at radius 2 is 1.95 bits per heavy atom. The molecule has 6 heteroatoms. The van der Waals surface area contributed by atoms with Crippen molar-refractivity contribution < 1.29 is 14.7 Å². The van der Waals surface area contributed by atoms with Crippen molar-refractivity contribution in [3.8, 4) is 0 Å². The Bertz CT molecular complexity index is 542. The van der Waals surface area contributed by atoms with Crippen molar-refractivity contribution in [2.75, 3.05) is 0 Å². The van der Waals surface area contributed by atoms with E-state index in [-0.39, 0.29) is 5.91 Å². The molecule has 6 nitrogen and oxygen atoms in total. The number of carbonyl (C=O) groups is 2. The van der Waals surface area contributed by atoms with E-state index in [0.29, 0.717) is 0 Å². The molecule has 0 aliphatic heterocycles. The zero-order valence-electron chi connectivity index (χ0n) is 12.5. The van der Waals surface area contributed by atoms with Crippen LogP contribution in [0.3, 0.4) is 0 Å². The summed E-state index contributed by atoms with van der Waals surface area (Å²) in [5.41, 5.74) is -1.15.